The minimum absolute atomic E-state index is 0.000346. The van der Waals surface area contributed by atoms with Crippen LogP contribution in [-0.4, -0.2) is 69.8 Å². The summed E-state index contributed by atoms with van der Waals surface area (Å²) in [6.45, 7) is 2.44. The number of rotatable bonds is 2. The highest BCUT2D eigenvalue weighted by Crippen LogP contribution is 2.50. The van der Waals surface area contributed by atoms with Crippen LogP contribution in [0.5, 0.6) is 5.88 Å². The summed E-state index contributed by atoms with van der Waals surface area (Å²) in [4.78, 5) is 27.5. The van der Waals surface area contributed by atoms with Crippen LogP contribution >= 0.6 is 0 Å². The fourth-order valence-electron chi connectivity index (χ4n) is 4.88. The third kappa shape index (κ3) is 3.16. The Hall–Kier alpha value is -2.59. The Morgan fingerprint density at radius 2 is 1.83 bits per heavy atom. The number of nitrogens with zero attached hydrogens (tertiary/aromatic N) is 4. The molecular weight excluding hydrogens is 391 g/mol. The van der Waals surface area contributed by atoms with E-state index in [1.807, 2.05) is 0 Å². The topological polar surface area (TPSA) is 87.7 Å². The monoisotopic (exact) mass is 411 g/mol. The number of alkyl halides is 3. The number of carbonyl (C=O) groups excluding carboxylic acids is 2. The third-order valence-corrected chi connectivity index (χ3v) is 6.36. The van der Waals surface area contributed by atoms with Gasteiger partial charge in [-0.15, -0.1) is 10.2 Å². The highest BCUT2D eigenvalue weighted by atomic mass is 19.4. The van der Waals surface area contributed by atoms with Crippen LogP contribution in [0.3, 0.4) is 0 Å². The molecule has 1 aromatic rings. The molecule has 4 heterocycles. The molecule has 3 saturated heterocycles. The molecule has 0 radical (unpaired) electrons. The molecule has 2 spiro atoms. The average Bonchev–Trinajstić information content (AvgIpc) is 2.96. The van der Waals surface area contributed by atoms with Crippen molar-refractivity contribution in [3.8, 4) is 5.88 Å². The zero-order valence-electron chi connectivity index (χ0n) is 15.5. The number of ether oxygens (including phenoxy) is 1. The Bertz CT molecular complexity index is 839. The summed E-state index contributed by atoms with van der Waals surface area (Å²) < 4.78 is 43.1. The van der Waals surface area contributed by atoms with E-state index >= 15 is 0 Å². The summed E-state index contributed by atoms with van der Waals surface area (Å²) in [7, 11) is 0. The number of likely N-dealkylation sites (tertiary alicyclic amines) is 2. The molecule has 5 rings (SSSR count). The van der Waals surface area contributed by atoms with Gasteiger partial charge in [-0.25, -0.2) is 4.79 Å². The van der Waals surface area contributed by atoms with Crippen LogP contribution in [0.2, 0.25) is 0 Å². The normalized spacial score (nSPS) is 24.7. The van der Waals surface area contributed by atoms with Crippen molar-refractivity contribution in [1.29, 1.82) is 0 Å². The number of halogens is 3. The summed E-state index contributed by atoms with van der Waals surface area (Å²) in [6, 6.07) is 2.03. The van der Waals surface area contributed by atoms with Gasteiger partial charge in [-0.2, -0.15) is 13.2 Å². The van der Waals surface area contributed by atoms with Crippen molar-refractivity contribution in [3.63, 3.8) is 0 Å². The molecule has 1 N–H and O–H groups in total. The van der Waals surface area contributed by atoms with Gasteiger partial charge in [-0.05, 0) is 25.3 Å². The van der Waals surface area contributed by atoms with Crippen molar-refractivity contribution in [3.05, 3.63) is 17.8 Å². The zero-order valence-corrected chi connectivity index (χ0v) is 15.5. The van der Waals surface area contributed by atoms with Crippen LogP contribution in [-0.2, 0) is 11.0 Å². The molecule has 156 valence electrons. The number of hydrogen-bond donors (Lipinski definition) is 1. The highest BCUT2D eigenvalue weighted by Gasteiger charge is 2.57. The molecule has 3 amide bonds. The van der Waals surface area contributed by atoms with E-state index in [1.54, 1.807) is 9.80 Å². The summed E-state index contributed by atoms with van der Waals surface area (Å²) in [6.07, 6.45) is -1.86. The van der Waals surface area contributed by atoms with Gasteiger partial charge < -0.3 is 19.9 Å². The first-order valence-corrected chi connectivity index (χ1v) is 9.58. The second-order valence-corrected chi connectivity index (χ2v) is 8.73. The summed E-state index contributed by atoms with van der Waals surface area (Å²) in [5.41, 5.74) is -1.23. The quantitative estimate of drug-likeness (QED) is 0.796. The molecule has 11 heteroatoms. The van der Waals surface area contributed by atoms with Crippen LogP contribution in [0, 0.1) is 5.41 Å². The predicted molar refractivity (Wildman–Crippen MR) is 91.8 cm³/mol. The van der Waals surface area contributed by atoms with Crippen molar-refractivity contribution < 1.29 is 27.5 Å². The Balaban J connectivity index is 1.06. The van der Waals surface area contributed by atoms with Crippen LogP contribution in [0.15, 0.2) is 12.1 Å². The lowest BCUT2D eigenvalue weighted by atomic mass is 9.62. The van der Waals surface area contributed by atoms with Crippen LogP contribution in [0.4, 0.5) is 18.0 Å². The van der Waals surface area contributed by atoms with Crippen LogP contribution in [0.25, 0.3) is 0 Å². The van der Waals surface area contributed by atoms with Gasteiger partial charge in [-0.3, -0.25) is 4.79 Å². The van der Waals surface area contributed by atoms with Gasteiger partial charge in [0, 0.05) is 44.1 Å². The standard InChI is InChI=1S/C18H20F3N5O3/c19-18(20,21)12-1-2-14(24-23-12)29-11-5-16(6-11)7-25(8-16)15(28)26-9-17(10-26)4-3-13(27)22-17/h1-2,11H,3-10H2,(H,22,27). The van der Waals surface area contributed by atoms with Gasteiger partial charge in [0.15, 0.2) is 5.69 Å². The molecule has 0 bridgehead atoms. The molecule has 1 aromatic heterocycles. The molecule has 0 atom stereocenters. The molecule has 4 aliphatic rings. The lowest BCUT2D eigenvalue weighted by Crippen LogP contribution is -2.74. The molecule has 4 fully saturated rings. The molecule has 1 aliphatic carbocycles. The minimum Gasteiger partial charge on any atom is -0.473 e. The van der Waals surface area contributed by atoms with E-state index in [9.17, 15) is 22.8 Å². The van der Waals surface area contributed by atoms with E-state index in [1.165, 1.54) is 6.07 Å². The maximum Gasteiger partial charge on any atom is 0.435 e. The number of carbonyl (C=O) groups is 2. The fourth-order valence-corrected chi connectivity index (χ4v) is 4.88. The van der Waals surface area contributed by atoms with E-state index in [4.69, 9.17) is 4.74 Å². The van der Waals surface area contributed by atoms with E-state index < -0.39 is 11.9 Å². The van der Waals surface area contributed by atoms with Crippen LogP contribution < -0.4 is 10.1 Å². The maximum absolute atomic E-state index is 12.5. The number of aromatic nitrogens is 2. The SMILES string of the molecule is O=C1CCC2(CN(C(=O)N3CC4(CC(Oc5ccc(C(F)(F)F)nn5)C4)C3)C2)N1. The number of hydrogen-bond acceptors (Lipinski definition) is 5. The third-order valence-electron chi connectivity index (χ3n) is 6.36. The molecule has 29 heavy (non-hydrogen) atoms. The molecule has 0 unspecified atom stereocenters. The fraction of sp³-hybridized carbons (Fsp3) is 0.667. The maximum atomic E-state index is 12.5. The molecule has 3 aliphatic heterocycles. The van der Waals surface area contributed by atoms with Crippen LogP contribution in [0.1, 0.15) is 31.4 Å². The Morgan fingerprint density at radius 3 is 2.38 bits per heavy atom. The molecule has 1 saturated carbocycles. The number of urea groups is 1. The average molecular weight is 411 g/mol. The largest absolute Gasteiger partial charge is 0.473 e. The summed E-state index contributed by atoms with van der Waals surface area (Å²) >= 11 is 0. The van der Waals surface area contributed by atoms with Gasteiger partial charge in [0.05, 0.1) is 5.54 Å². The van der Waals surface area contributed by atoms with E-state index in [0.717, 1.165) is 25.3 Å². The Kier molecular flexibility index (Phi) is 3.79. The first-order chi connectivity index (χ1) is 13.7. The Morgan fingerprint density at radius 1 is 1.14 bits per heavy atom. The van der Waals surface area contributed by atoms with Crippen molar-refractivity contribution in [2.75, 3.05) is 26.2 Å². The van der Waals surface area contributed by atoms with Crippen molar-refractivity contribution in [1.82, 2.24) is 25.3 Å². The number of nitrogens with one attached hydrogen (secondary N) is 1. The minimum atomic E-state index is -4.52. The van der Waals surface area contributed by atoms with Gasteiger partial charge in [0.1, 0.15) is 6.10 Å². The summed E-state index contributed by atoms with van der Waals surface area (Å²) in [5, 5.41) is 9.61. The molecule has 0 aromatic carbocycles. The predicted octanol–water partition coefficient (Wildman–Crippen LogP) is 1.42. The van der Waals surface area contributed by atoms with Gasteiger partial charge in [0.25, 0.3) is 0 Å². The highest BCUT2D eigenvalue weighted by molar-refractivity contribution is 5.82. The Labute approximate surface area is 164 Å². The van der Waals surface area contributed by atoms with E-state index in [0.29, 0.717) is 32.6 Å². The van der Waals surface area contributed by atoms with Crippen molar-refractivity contribution >= 4 is 11.9 Å². The van der Waals surface area contributed by atoms with E-state index in [2.05, 4.69) is 15.5 Å². The molecule has 8 nitrogen and oxygen atoms in total. The number of amides is 3. The lowest BCUT2D eigenvalue weighted by Gasteiger charge is -2.60. The van der Waals surface area contributed by atoms with Gasteiger partial charge >= 0.3 is 12.2 Å². The summed E-state index contributed by atoms with van der Waals surface area (Å²) in [5.74, 6) is 0.132. The van der Waals surface area contributed by atoms with Gasteiger partial charge in [0.2, 0.25) is 11.8 Å². The zero-order chi connectivity index (χ0) is 20.4. The first kappa shape index (κ1) is 18.4. The smallest absolute Gasteiger partial charge is 0.435 e. The van der Waals surface area contributed by atoms with Crippen molar-refractivity contribution in [2.45, 2.75) is 43.5 Å². The second kappa shape index (κ2) is 5.96. The van der Waals surface area contributed by atoms with Crippen molar-refractivity contribution in [2.24, 2.45) is 5.41 Å². The van der Waals surface area contributed by atoms with Gasteiger partial charge in [-0.1, -0.05) is 0 Å². The first-order valence-electron chi connectivity index (χ1n) is 9.58. The second-order valence-electron chi connectivity index (χ2n) is 8.73. The van der Waals surface area contributed by atoms with E-state index in [-0.39, 0.29) is 34.9 Å². The molecular formula is C18H20F3N5O3. The lowest BCUT2D eigenvalue weighted by molar-refractivity contribution is -0.142.